The highest BCUT2D eigenvalue weighted by Crippen LogP contribution is 2.26. The highest BCUT2D eigenvalue weighted by molar-refractivity contribution is 7.99. The second-order valence-corrected chi connectivity index (χ2v) is 4.70. The molecule has 0 aliphatic rings. The van der Waals surface area contributed by atoms with Crippen molar-refractivity contribution < 1.29 is 0 Å². The predicted molar refractivity (Wildman–Crippen MR) is 67.3 cm³/mol. The molecule has 0 amide bonds. The van der Waals surface area contributed by atoms with Gasteiger partial charge >= 0.3 is 0 Å². The number of nitrogens with zero attached hydrogens (tertiary/aromatic N) is 3. The standard InChI is InChI=1S/C11H13N5S/c1-7-5-8(3-4-9(7)10(12)13)17-11-14-6-15-16(11)2/h3-6H,1-2H3,(H3,12,13). The van der Waals surface area contributed by atoms with E-state index in [1.807, 2.05) is 32.2 Å². The summed E-state index contributed by atoms with van der Waals surface area (Å²) in [5, 5.41) is 12.3. The monoisotopic (exact) mass is 247 g/mol. The van der Waals surface area contributed by atoms with Crippen LogP contribution in [0.15, 0.2) is 34.6 Å². The number of aryl methyl sites for hydroxylation is 2. The van der Waals surface area contributed by atoms with E-state index in [-0.39, 0.29) is 5.84 Å². The molecule has 1 aromatic carbocycles. The minimum absolute atomic E-state index is 0.0951. The number of nitrogens with one attached hydrogen (secondary N) is 1. The zero-order valence-corrected chi connectivity index (χ0v) is 10.5. The molecule has 88 valence electrons. The van der Waals surface area contributed by atoms with E-state index in [1.165, 1.54) is 18.1 Å². The largest absolute Gasteiger partial charge is 0.384 e. The van der Waals surface area contributed by atoms with Crippen LogP contribution < -0.4 is 5.73 Å². The van der Waals surface area contributed by atoms with Gasteiger partial charge in [0.15, 0.2) is 5.16 Å². The van der Waals surface area contributed by atoms with Gasteiger partial charge in [0.05, 0.1) is 0 Å². The molecule has 17 heavy (non-hydrogen) atoms. The Kier molecular flexibility index (Phi) is 3.14. The molecule has 0 fully saturated rings. The molecule has 0 radical (unpaired) electrons. The lowest BCUT2D eigenvalue weighted by Crippen LogP contribution is -2.12. The van der Waals surface area contributed by atoms with Gasteiger partial charge in [0.1, 0.15) is 12.2 Å². The quantitative estimate of drug-likeness (QED) is 0.637. The van der Waals surface area contributed by atoms with E-state index >= 15 is 0 Å². The number of hydrogen-bond donors (Lipinski definition) is 2. The summed E-state index contributed by atoms with van der Waals surface area (Å²) in [7, 11) is 1.85. The third-order valence-electron chi connectivity index (χ3n) is 2.37. The lowest BCUT2D eigenvalue weighted by Gasteiger charge is -2.06. The summed E-state index contributed by atoms with van der Waals surface area (Å²) in [4.78, 5) is 5.21. The fraction of sp³-hybridized carbons (Fsp3) is 0.182. The summed E-state index contributed by atoms with van der Waals surface area (Å²) in [5.74, 6) is 0.0951. The van der Waals surface area contributed by atoms with Gasteiger partial charge in [-0.25, -0.2) is 9.67 Å². The number of amidine groups is 1. The number of rotatable bonds is 3. The molecule has 0 aliphatic carbocycles. The highest BCUT2D eigenvalue weighted by atomic mass is 32.2. The van der Waals surface area contributed by atoms with Crippen LogP contribution >= 0.6 is 11.8 Å². The Balaban J connectivity index is 2.27. The van der Waals surface area contributed by atoms with Crippen LogP contribution in [0.4, 0.5) is 0 Å². The number of nitrogen functional groups attached to an aromatic ring is 1. The van der Waals surface area contributed by atoms with Crippen molar-refractivity contribution in [1.29, 1.82) is 5.41 Å². The summed E-state index contributed by atoms with van der Waals surface area (Å²) in [6, 6.07) is 5.79. The summed E-state index contributed by atoms with van der Waals surface area (Å²) < 4.78 is 1.72. The van der Waals surface area contributed by atoms with Gasteiger partial charge in [-0.05, 0) is 30.7 Å². The van der Waals surface area contributed by atoms with Crippen molar-refractivity contribution in [3.8, 4) is 0 Å². The first kappa shape index (κ1) is 11.7. The average Bonchev–Trinajstić information content (AvgIpc) is 2.64. The molecule has 1 aromatic heterocycles. The van der Waals surface area contributed by atoms with Crippen LogP contribution in [0.1, 0.15) is 11.1 Å². The number of benzene rings is 1. The van der Waals surface area contributed by atoms with Gasteiger partial charge in [-0.1, -0.05) is 11.8 Å². The summed E-state index contributed by atoms with van der Waals surface area (Å²) in [6.07, 6.45) is 1.53. The minimum Gasteiger partial charge on any atom is -0.384 e. The van der Waals surface area contributed by atoms with E-state index in [0.29, 0.717) is 0 Å². The maximum Gasteiger partial charge on any atom is 0.190 e. The first-order valence-corrected chi connectivity index (χ1v) is 5.86. The van der Waals surface area contributed by atoms with E-state index in [9.17, 15) is 0 Å². The minimum atomic E-state index is 0.0951. The second-order valence-electron chi connectivity index (χ2n) is 3.66. The van der Waals surface area contributed by atoms with Gasteiger partial charge in [0, 0.05) is 17.5 Å². The normalized spacial score (nSPS) is 10.5. The van der Waals surface area contributed by atoms with Crippen molar-refractivity contribution >= 4 is 17.6 Å². The van der Waals surface area contributed by atoms with Crippen LogP contribution in [-0.2, 0) is 7.05 Å². The van der Waals surface area contributed by atoms with Crippen molar-refractivity contribution in [2.45, 2.75) is 17.0 Å². The maximum atomic E-state index is 7.42. The first-order valence-electron chi connectivity index (χ1n) is 5.05. The molecule has 2 rings (SSSR count). The van der Waals surface area contributed by atoms with Crippen LogP contribution in [0.25, 0.3) is 0 Å². The Hall–Kier alpha value is -1.82. The lowest BCUT2D eigenvalue weighted by atomic mass is 10.1. The van der Waals surface area contributed by atoms with Gasteiger partial charge in [0.2, 0.25) is 0 Å². The van der Waals surface area contributed by atoms with Crippen molar-refractivity contribution in [1.82, 2.24) is 14.8 Å². The highest BCUT2D eigenvalue weighted by Gasteiger charge is 2.06. The van der Waals surface area contributed by atoms with Crippen LogP contribution in [0.5, 0.6) is 0 Å². The van der Waals surface area contributed by atoms with Gasteiger partial charge < -0.3 is 5.73 Å². The average molecular weight is 247 g/mol. The van der Waals surface area contributed by atoms with Gasteiger partial charge in [-0.3, -0.25) is 5.41 Å². The fourth-order valence-corrected chi connectivity index (χ4v) is 2.35. The molecule has 5 nitrogen and oxygen atoms in total. The fourth-order valence-electron chi connectivity index (χ4n) is 1.49. The van der Waals surface area contributed by atoms with Gasteiger partial charge in [-0.15, -0.1) is 0 Å². The summed E-state index contributed by atoms with van der Waals surface area (Å²) in [6.45, 7) is 1.94. The molecule has 1 heterocycles. The topological polar surface area (TPSA) is 80.6 Å². The molecule has 0 saturated heterocycles. The smallest absolute Gasteiger partial charge is 0.190 e. The number of hydrogen-bond acceptors (Lipinski definition) is 4. The van der Waals surface area contributed by atoms with E-state index in [4.69, 9.17) is 11.1 Å². The molecule has 0 atom stereocenters. The SMILES string of the molecule is Cc1cc(Sc2ncnn2C)ccc1C(=N)N. The lowest BCUT2D eigenvalue weighted by molar-refractivity contribution is 0.685. The van der Waals surface area contributed by atoms with Crippen molar-refractivity contribution in [2.24, 2.45) is 12.8 Å². The predicted octanol–water partition coefficient (Wildman–Crippen LogP) is 1.56. The zero-order chi connectivity index (χ0) is 12.4. The number of nitrogens with two attached hydrogens (primary N) is 1. The number of aromatic nitrogens is 3. The Morgan fingerprint density at radius 3 is 2.76 bits per heavy atom. The van der Waals surface area contributed by atoms with Crippen molar-refractivity contribution in [3.05, 3.63) is 35.7 Å². The van der Waals surface area contributed by atoms with E-state index in [1.54, 1.807) is 4.68 Å². The Labute approximate surface area is 104 Å². The van der Waals surface area contributed by atoms with Crippen molar-refractivity contribution in [2.75, 3.05) is 0 Å². The second kappa shape index (κ2) is 4.58. The summed E-state index contributed by atoms with van der Waals surface area (Å²) >= 11 is 1.53. The molecule has 0 aliphatic heterocycles. The molecule has 0 spiro atoms. The van der Waals surface area contributed by atoms with Gasteiger partial charge in [0.25, 0.3) is 0 Å². The first-order chi connectivity index (χ1) is 8.08. The molecule has 0 bridgehead atoms. The van der Waals surface area contributed by atoms with Crippen molar-refractivity contribution in [3.63, 3.8) is 0 Å². The van der Waals surface area contributed by atoms with Gasteiger partial charge in [-0.2, -0.15) is 5.10 Å². The summed E-state index contributed by atoms with van der Waals surface area (Å²) in [5.41, 5.74) is 7.24. The van der Waals surface area contributed by atoms with Crippen LogP contribution in [0.3, 0.4) is 0 Å². The maximum absolute atomic E-state index is 7.42. The van der Waals surface area contributed by atoms with Crippen LogP contribution in [0, 0.1) is 12.3 Å². The Morgan fingerprint density at radius 1 is 1.47 bits per heavy atom. The zero-order valence-electron chi connectivity index (χ0n) is 9.64. The molecule has 2 aromatic rings. The third-order valence-corrected chi connectivity index (χ3v) is 3.41. The van der Waals surface area contributed by atoms with Crippen LogP contribution in [-0.4, -0.2) is 20.6 Å². The molecule has 0 saturated carbocycles. The molecular weight excluding hydrogens is 234 g/mol. The molecular formula is C11H13N5S. The molecule has 0 unspecified atom stereocenters. The van der Waals surface area contributed by atoms with Crippen LogP contribution in [0.2, 0.25) is 0 Å². The van der Waals surface area contributed by atoms with E-state index in [2.05, 4.69) is 10.1 Å². The third kappa shape index (κ3) is 2.47. The molecule has 6 heteroatoms. The Bertz CT molecular complexity index is 561. The molecule has 3 N–H and O–H groups in total. The van der Waals surface area contributed by atoms with E-state index < -0.39 is 0 Å². The van der Waals surface area contributed by atoms with E-state index in [0.717, 1.165) is 21.2 Å². The Morgan fingerprint density at radius 2 is 2.24 bits per heavy atom.